The van der Waals surface area contributed by atoms with Gasteiger partial charge in [0.1, 0.15) is 0 Å². The maximum atomic E-state index is 11.0. The predicted octanol–water partition coefficient (Wildman–Crippen LogP) is 1.54. The van der Waals surface area contributed by atoms with Gasteiger partial charge in [-0.3, -0.25) is 4.74 Å². The summed E-state index contributed by atoms with van der Waals surface area (Å²) in [4.78, 5) is 0. The van der Waals surface area contributed by atoms with Gasteiger partial charge in [-0.2, -0.15) is 27.1 Å². The molecule has 1 radical (unpaired) electrons. The molecule has 0 spiro atoms. The summed E-state index contributed by atoms with van der Waals surface area (Å²) >= 11 is 0. The third kappa shape index (κ3) is 3.57. The Morgan fingerprint density at radius 2 is 1.60 bits per heavy atom. The van der Waals surface area contributed by atoms with E-state index in [2.05, 4.69) is 4.74 Å². The summed E-state index contributed by atoms with van der Waals surface area (Å²) < 4.78 is 57.5. The molecule has 0 aromatic carbocycles. The Balaban J connectivity index is 3.73. The number of hydrogen-bond acceptors (Lipinski definition) is 1. The molecule has 0 aliphatic carbocycles. The molecule has 2 nitrogen and oxygen atoms in total. The van der Waals surface area contributed by atoms with Crippen LogP contribution in [0, 0.1) is 0 Å². The molecule has 0 saturated carbocycles. The van der Waals surface area contributed by atoms with Gasteiger partial charge >= 0.3 is 12.8 Å². The van der Waals surface area contributed by atoms with Crippen LogP contribution in [0.1, 0.15) is 0 Å². The normalized spacial score (nSPS) is 15.9. The third-order valence-corrected chi connectivity index (χ3v) is 0.494. The van der Waals surface area contributed by atoms with Gasteiger partial charge in [0, 0.05) is 0 Å². The molecule has 1 atom stereocenters. The minimum Gasteiger partial charge on any atom is -0.281 e. The highest BCUT2D eigenvalue weighted by Crippen LogP contribution is 2.22. The Labute approximate surface area is 52.2 Å². The quantitative estimate of drug-likeness (QED) is 0.450. The van der Waals surface area contributed by atoms with E-state index >= 15 is 0 Å². The van der Waals surface area contributed by atoms with Gasteiger partial charge in [-0.15, -0.1) is 0 Å². The van der Waals surface area contributed by atoms with Gasteiger partial charge in [0.25, 0.3) is 6.29 Å². The van der Waals surface area contributed by atoms with Crippen molar-refractivity contribution >= 4 is 0 Å². The van der Waals surface area contributed by atoms with E-state index in [4.69, 9.17) is 0 Å². The van der Waals surface area contributed by atoms with Crippen molar-refractivity contribution in [2.45, 2.75) is 19.1 Å². The van der Waals surface area contributed by atoms with Crippen LogP contribution in [0.25, 0.3) is 0 Å². The van der Waals surface area contributed by atoms with Crippen molar-refractivity contribution < 1.29 is 31.8 Å². The molecule has 7 heteroatoms. The van der Waals surface area contributed by atoms with Crippen molar-refractivity contribution in [2.24, 2.45) is 0 Å². The average molecular weight is 165 g/mol. The van der Waals surface area contributed by atoms with Crippen LogP contribution >= 0.6 is 0 Å². The first-order valence-corrected chi connectivity index (χ1v) is 2.00. The highest BCUT2D eigenvalue weighted by atomic mass is 19.4. The van der Waals surface area contributed by atoms with Gasteiger partial charge in [0.05, 0.1) is 0 Å². The van der Waals surface area contributed by atoms with E-state index in [-0.39, 0.29) is 0 Å². The van der Waals surface area contributed by atoms with Gasteiger partial charge < -0.3 is 0 Å². The van der Waals surface area contributed by atoms with Gasteiger partial charge in [-0.25, -0.2) is 0 Å². The second-order valence-corrected chi connectivity index (χ2v) is 1.27. The van der Waals surface area contributed by atoms with Gasteiger partial charge in [0.15, 0.2) is 0 Å². The van der Waals surface area contributed by atoms with E-state index in [0.717, 1.165) is 0 Å². The molecule has 0 aliphatic rings. The Morgan fingerprint density at radius 1 is 1.20 bits per heavy atom. The van der Waals surface area contributed by atoms with Crippen LogP contribution in [0.4, 0.5) is 22.0 Å². The third-order valence-electron chi connectivity index (χ3n) is 0.494. The van der Waals surface area contributed by atoms with E-state index in [9.17, 15) is 27.1 Å². The predicted molar refractivity (Wildman–Crippen MR) is 17.6 cm³/mol. The van der Waals surface area contributed by atoms with Crippen LogP contribution in [0.3, 0.4) is 0 Å². The van der Waals surface area contributed by atoms with Crippen molar-refractivity contribution in [1.29, 1.82) is 0 Å². The standard InChI is InChI=1S/C3H2F5O2/c4-2(5)10-1(9)3(6,7)8/h1-2H. The minimum atomic E-state index is -5.27. The monoisotopic (exact) mass is 165 g/mol. The number of rotatable bonds is 2. The lowest BCUT2D eigenvalue weighted by molar-refractivity contribution is -0.355. The van der Waals surface area contributed by atoms with E-state index in [0.29, 0.717) is 0 Å². The summed E-state index contributed by atoms with van der Waals surface area (Å²) in [7, 11) is 0. The largest absolute Gasteiger partial charge is 0.443 e. The highest BCUT2D eigenvalue weighted by molar-refractivity contribution is 4.51. The lowest BCUT2D eigenvalue weighted by atomic mass is 10.6. The lowest BCUT2D eigenvalue weighted by Crippen LogP contribution is -2.31. The summed E-state index contributed by atoms with van der Waals surface area (Å²) in [6, 6.07) is 0. The Morgan fingerprint density at radius 3 is 1.70 bits per heavy atom. The summed E-state index contributed by atoms with van der Waals surface area (Å²) in [6.07, 6.45) is -8.93. The first-order valence-electron chi connectivity index (χ1n) is 2.00. The molecule has 0 saturated heterocycles. The molecule has 0 bridgehead atoms. The number of alkyl halides is 5. The zero-order valence-electron chi connectivity index (χ0n) is 4.36. The summed E-state index contributed by atoms with van der Waals surface area (Å²) in [5.74, 6) is 0. The SMILES string of the molecule is [O]C(OC(F)F)C(F)(F)F. The fourth-order valence-corrected chi connectivity index (χ4v) is 0.171. The van der Waals surface area contributed by atoms with Crippen molar-refractivity contribution in [3.8, 4) is 0 Å². The van der Waals surface area contributed by atoms with Crippen molar-refractivity contribution in [3.63, 3.8) is 0 Å². The molecular weight excluding hydrogens is 163 g/mol. The molecule has 0 fully saturated rings. The lowest BCUT2D eigenvalue weighted by Gasteiger charge is -2.11. The second-order valence-electron chi connectivity index (χ2n) is 1.27. The van der Waals surface area contributed by atoms with Crippen LogP contribution in [0.5, 0.6) is 0 Å². The molecule has 0 aliphatic heterocycles. The highest BCUT2D eigenvalue weighted by Gasteiger charge is 2.42. The topological polar surface area (TPSA) is 29.1 Å². The number of ether oxygens (including phenoxy) is 1. The minimum absolute atomic E-state index is 2.60. The van der Waals surface area contributed by atoms with Gasteiger partial charge in [-0.1, -0.05) is 0 Å². The zero-order valence-corrected chi connectivity index (χ0v) is 4.36. The maximum Gasteiger partial charge on any atom is 0.443 e. The molecule has 0 N–H and O–H groups in total. The molecule has 0 aromatic heterocycles. The van der Waals surface area contributed by atoms with Crippen LogP contribution in [0.15, 0.2) is 0 Å². The number of halogens is 5. The average Bonchev–Trinajstić information content (AvgIpc) is 1.60. The molecule has 0 rings (SSSR count). The summed E-state index contributed by atoms with van der Waals surface area (Å²) in [5.41, 5.74) is 0. The van der Waals surface area contributed by atoms with E-state index in [1.54, 1.807) is 0 Å². The van der Waals surface area contributed by atoms with Crippen LogP contribution in [0.2, 0.25) is 0 Å². The Bertz CT molecular complexity index is 99.6. The van der Waals surface area contributed by atoms with E-state index in [1.165, 1.54) is 0 Å². The molecule has 0 heterocycles. The zero-order chi connectivity index (χ0) is 8.36. The first-order chi connectivity index (χ1) is 4.34. The summed E-state index contributed by atoms with van der Waals surface area (Å²) in [6.45, 7) is -3.69. The van der Waals surface area contributed by atoms with Crippen molar-refractivity contribution in [1.82, 2.24) is 0 Å². The fraction of sp³-hybridized carbons (Fsp3) is 1.00. The van der Waals surface area contributed by atoms with Crippen LogP contribution < -0.4 is 0 Å². The summed E-state index contributed by atoms with van der Waals surface area (Å²) in [5, 5.41) is 9.53. The molecular formula is C3H2F5O2. The molecule has 1 unspecified atom stereocenters. The first kappa shape index (κ1) is 9.57. The molecule has 61 valence electrons. The number of hydrogen-bond donors (Lipinski definition) is 0. The molecule has 0 aromatic rings. The smallest absolute Gasteiger partial charge is 0.281 e. The molecule has 10 heavy (non-hydrogen) atoms. The Hall–Kier alpha value is -0.430. The Kier molecular flexibility index (Phi) is 2.97. The maximum absolute atomic E-state index is 11.0. The van der Waals surface area contributed by atoms with Gasteiger partial charge in [-0.05, 0) is 0 Å². The second kappa shape index (κ2) is 3.11. The van der Waals surface area contributed by atoms with Crippen LogP contribution in [-0.2, 0) is 9.84 Å². The fourth-order valence-electron chi connectivity index (χ4n) is 0.171. The van der Waals surface area contributed by atoms with Gasteiger partial charge in [0.2, 0.25) is 0 Å². The molecule has 0 amide bonds. The van der Waals surface area contributed by atoms with Crippen molar-refractivity contribution in [3.05, 3.63) is 0 Å². The van der Waals surface area contributed by atoms with E-state index < -0.39 is 19.1 Å². The van der Waals surface area contributed by atoms with Crippen molar-refractivity contribution in [2.75, 3.05) is 0 Å². The van der Waals surface area contributed by atoms with Crippen LogP contribution in [-0.4, -0.2) is 19.1 Å². The van der Waals surface area contributed by atoms with E-state index in [1.807, 2.05) is 0 Å².